The summed E-state index contributed by atoms with van der Waals surface area (Å²) in [5, 5.41) is 2.28. The fourth-order valence-corrected chi connectivity index (χ4v) is 2.12. The average Bonchev–Trinajstić information content (AvgIpc) is 2.79. The summed E-state index contributed by atoms with van der Waals surface area (Å²) in [7, 11) is 2.16. The Morgan fingerprint density at radius 3 is 2.71 bits per heavy atom. The lowest BCUT2D eigenvalue weighted by Gasteiger charge is -2.37. The minimum absolute atomic E-state index is 0.598. The fourth-order valence-electron chi connectivity index (χ4n) is 2.12. The van der Waals surface area contributed by atoms with Gasteiger partial charge in [-0.1, -0.05) is 5.53 Å². The Labute approximate surface area is 103 Å². The zero-order chi connectivity index (χ0) is 12.1. The Balaban J connectivity index is 1.89. The highest BCUT2D eigenvalue weighted by molar-refractivity contribution is 5.50. The fraction of sp³-hybridized carbons (Fsp3) is 0.727. The number of aliphatic imine (C=N–C) groups is 1. The average molecular weight is 239 g/mol. The number of nitrogens with two attached hydrogens (primary N) is 1. The van der Waals surface area contributed by atoms with E-state index in [0.29, 0.717) is 11.1 Å². The molecular weight excluding hydrogens is 216 g/mol. The van der Waals surface area contributed by atoms with Crippen LogP contribution in [0, 0.1) is 0 Å². The quantitative estimate of drug-likeness (QED) is 0.625. The second-order valence-corrected chi connectivity index (χ2v) is 4.75. The largest absolute Gasteiger partial charge is 0.330 e. The standard InChI is InChI=1S/C11H23N6/c1-15-5-7-16(8-6-15)14-17(9-2-3-12)10-4-13-11-17/h4,10-11,14H,2-3,5-9,12H2,1H3/q+1. The molecule has 0 aromatic carbocycles. The first kappa shape index (κ1) is 12.7. The van der Waals surface area contributed by atoms with Crippen LogP contribution in [0.25, 0.3) is 0 Å². The first-order valence-electron chi connectivity index (χ1n) is 6.25. The number of hydrazine groups is 1. The van der Waals surface area contributed by atoms with Gasteiger partial charge < -0.3 is 10.6 Å². The number of piperazine rings is 1. The molecule has 2 heterocycles. The summed E-state index contributed by atoms with van der Waals surface area (Å²) in [5.41, 5.74) is 9.13. The smallest absolute Gasteiger partial charge is 0.215 e. The minimum Gasteiger partial charge on any atom is -0.330 e. The van der Waals surface area contributed by atoms with Gasteiger partial charge in [0.25, 0.3) is 0 Å². The van der Waals surface area contributed by atoms with Crippen molar-refractivity contribution < 1.29 is 4.59 Å². The second kappa shape index (κ2) is 5.70. The van der Waals surface area contributed by atoms with Crippen molar-refractivity contribution in [1.29, 1.82) is 0 Å². The summed E-state index contributed by atoms with van der Waals surface area (Å²) in [6.07, 6.45) is 6.85. The van der Waals surface area contributed by atoms with Crippen LogP contribution in [0.5, 0.6) is 0 Å². The van der Waals surface area contributed by atoms with Crippen LogP contribution in [-0.4, -0.2) is 67.2 Å². The predicted octanol–water partition coefficient (Wildman–Crippen LogP) is -0.668. The third kappa shape index (κ3) is 3.34. The molecule has 2 aliphatic heterocycles. The molecular formula is C11H23N6+. The molecule has 2 rings (SSSR count). The van der Waals surface area contributed by atoms with Gasteiger partial charge in [0.2, 0.25) is 6.34 Å². The molecule has 1 fully saturated rings. The van der Waals surface area contributed by atoms with E-state index in [1.165, 1.54) is 0 Å². The van der Waals surface area contributed by atoms with Gasteiger partial charge in [-0.15, -0.1) is 0 Å². The molecule has 1 unspecified atom stereocenters. The molecule has 0 aromatic heterocycles. The lowest BCUT2D eigenvalue weighted by Crippen LogP contribution is -2.63. The van der Waals surface area contributed by atoms with E-state index < -0.39 is 0 Å². The van der Waals surface area contributed by atoms with Crippen LogP contribution < -0.4 is 11.3 Å². The van der Waals surface area contributed by atoms with Crippen molar-refractivity contribution in [1.82, 2.24) is 15.4 Å². The van der Waals surface area contributed by atoms with Crippen LogP contribution in [0.4, 0.5) is 0 Å². The molecule has 0 aromatic rings. The molecule has 6 heteroatoms. The van der Waals surface area contributed by atoms with E-state index in [-0.39, 0.29) is 0 Å². The van der Waals surface area contributed by atoms with Crippen molar-refractivity contribution >= 4 is 6.34 Å². The maximum absolute atomic E-state index is 5.59. The molecule has 1 saturated heterocycles. The Bertz CT molecular complexity index is 280. The second-order valence-electron chi connectivity index (χ2n) is 4.75. The molecule has 17 heavy (non-hydrogen) atoms. The SMILES string of the molecule is CN1CCN(N[N+]2(CCCN)C=CN=C2)CC1. The highest BCUT2D eigenvalue weighted by Gasteiger charge is 2.29. The number of quaternary nitrogens is 1. The number of likely N-dealkylation sites (N-methyl/N-ethyl adjacent to an activating group) is 1. The summed E-state index contributed by atoms with van der Waals surface area (Å²) in [4.78, 5) is 6.54. The van der Waals surface area contributed by atoms with Gasteiger partial charge in [-0.3, -0.25) is 0 Å². The summed E-state index contributed by atoms with van der Waals surface area (Å²) in [5.74, 6) is 0. The maximum atomic E-state index is 5.59. The summed E-state index contributed by atoms with van der Waals surface area (Å²) >= 11 is 0. The molecule has 96 valence electrons. The highest BCUT2D eigenvalue weighted by atomic mass is 15.8. The topological polar surface area (TPSA) is 56.9 Å². The number of rotatable bonds is 5. The molecule has 0 spiro atoms. The zero-order valence-corrected chi connectivity index (χ0v) is 10.5. The molecule has 3 N–H and O–H groups in total. The van der Waals surface area contributed by atoms with Crippen LogP contribution in [0.3, 0.4) is 0 Å². The van der Waals surface area contributed by atoms with Gasteiger partial charge >= 0.3 is 0 Å². The van der Waals surface area contributed by atoms with Crippen LogP contribution in [0.15, 0.2) is 17.4 Å². The van der Waals surface area contributed by atoms with Gasteiger partial charge in [-0.2, -0.15) is 9.60 Å². The van der Waals surface area contributed by atoms with Crippen LogP contribution in [0.2, 0.25) is 0 Å². The number of nitrogens with zero attached hydrogens (tertiary/aromatic N) is 4. The van der Waals surface area contributed by atoms with E-state index in [1.807, 2.05) is 12.5 Å². The molecule has 0 bridgehead atoms. The van der Waals surface area contributed by atoms with Gasteiger partial charge in [-0.25, -0.2) is 4.99 Å². The maximum Gasteiger partial charge on any atom is 0.215 e. The van der Waals surface area contributed by atoms with Gasteiger partial charge in [0.1, 0.15) is 12.7 Å². The number of nitrogens with one attached hydrogen (secondary N) is 1. The van der Waals surface area contributed by atoms with E-state index in [0.717, 1.165) is 39.1 Å². The van der Waals surface area contributed by atoms with Crippen molar-refractivity contribution in [3.05, 3.63) is 12.4 Å². The molecule has 6 nitrogen and oxygen atoms in total. The molecule has 0 radical (unpaired) electrons. The Morgan fingerprint density at radius 2 is 2.12 bits per heavy atom. The predicted molar refractivity (Wildman–Crippen MR) is 68.6 cm³/mol. The molecule has 0 aliphatic carbocycles. The minimum atomic E-state index is 0.598. The van der Waals surface area contributed by atoms with Gasteiger partial charge in [0, 0.05) is 32.6 Å². The number of hydrogen-bond acceptors (Lipinski definition) is 5. The molecule has 0 saturated carbocycles. The third-order valence-corrected chi connectivity index (χ3v) is 3.25. The van der Waals surface area contributed by atoms with E-state index in [4.69, 9.17) is 5.73 Å². The van der Waals surface area contributed by atoms with Gasteiger partial charge in [-0.05, 0) is 13.6 Å². The van der Waals surface area contributed by atoms with Crippen molar-refractivity contribution in [2.24, 2.45) is 10.7 Å². The third-order valence-electron chi connectivity index (χ3n) is 3.25. The Hall–Kier alpha value is -0.790. The first-order valence-corrected chi connectivity index (χ1v) is 6.25. The van der Waals surface area contributed by atoms with Crippen molar-refractivity contribution in [2.45, 2.75) is 6.42 Å². The first-order chi connectivity index (χ1) is 8.24. The highest BCUT2D eigenvalue weighted by Crippen LogP contribution is 2.10. The number of hydrogen-bond donors (Lipinski definition) is 2. The summed E-state index contributed by atoms with van der Waals surface area (Å²) in [6.45, 7) is 5.95. The summed E-state index contributed by atoms with van der Waals surface area (Å²) in [6, 6.07) is 0. The molecule has 2 aliphatic rings. The normalized spacial score (nSPS) is 30.2. The van der Waals surface area contributed by atoms with Crippen molar-refractivity contribution in [3.63, 3.8) is 0 Å². The lowest BCUT2D eigenvalue weighted by atomic mass is 10.4. The molecule has 1 atom stereocenters. The molecule has 0 amide bonds. The van der Waals surface area contributed by atoms with Crippen molar-refractivity contribution in [3.8, 4) is 0 Å². The van der Waals surface area contributed by atoms with Gasteiger partial charge in [0.15, 0.2) is 0 Å². The van der Waals surface area contributed by atoms with E-state index in [9.17, 15) is 0 Å². The van der Waals surface area contributed by atoms with Crippen LogP contribution >= 0.6 is 0 Å². The van der Waals surface area contributed by atoms with E-state index in [1.54, 1.807) is 0 Å². The Morgan fingerprint density at radius 1 is 1.35 bits per heavy atom. The zero-order valence-electron chi connectivity index (χ0n) is 10.5. The van der Waals surface area contributed by atoms with Crippen molar-refractivity contribution in [2.75, 3.05) is 46.3 Å². The van der Waals surface area contributed by atoms with E-state index in [2.05, 4.69) is 33.7 Å². The van der Waals surface area contributed by atoms with E-state index >= 15 is 0 Å². The monoisotopic (exact) mass is 239 g/mol. The van der Waals surface area contributed by atoms with Gasteiger partial charge in [0.05, 0.1) is 6.20 Å². The van der Waals surface area contributed by atoms with Crippen LogP contribution in [0.1, 0.15) is 6.42 Å². The lowest BCUT2D eigenvalue weighted by molar-refractivity contribution is -0.847. The summed E-state index contributed by atoms with van der Waals surface area (Å²) < 4.78 is 0.598. The van der Waals surface area contributed by atoms with Crippen LogP contribution in [-0.2, 0) is 0 Å². The Kier molecular flexibility index (Phi) is 4.25.